The summed E-state index contributed by atoms with van der Waals surface area (Å²) in [4.78, 5) is 16.7. The van der Waals surface area contributed by atoms with Crippen molar-refractivity contribution < 1.29 is 22.7 Å². The Kier molecular flexibility index (Phi) is 7.67. The van der Waals surface area contributed by atoms with Gasteiger partial charge in [-0.3, -0.25) is 9.52 Å². The van der Waals surface area contributed by atoms with Crippen molar-refractivity contribution in [3.63, 3.8) is 0 Å². The van der Waals surface area contributed by atoms with Crippen molar-refractivity contribution in [1.82, 2.24) is 4.90 Å². The van der Waals surface area contributed by atoms with Crippen LogP contribution in [0, 0.1) is 0 Å². The highest BCUT2D eigenvalue weighted by Gasteiger charge is 2.23. The van der Waals surface area contributed by atoms with Crippen LogP contribution in [0.5, 0.6) is 11.5 Å². The van der Waals surface area contributed by atoms with Crippen molar-refractivity contribution in [3.05, 3.63) is 77.8 Å². The largest absolute Gasteiger partial charge is 0.495 e. The van der Waals surface area contributed by atoms with Crippen molar-refractivity contribution in [3.8, 4) is 11.5 Å². The molecule has 0 aromatic heterocycles. The molecule has 3 aromatic carbocycles. The molecule has 0 spiro atoms. The summed E-state index contributed by atoms with van der Waals surface area (Å²) in [6.07, 6.45) is 0. The first-order chi connectivity index (χ1) is 16.9. The molecule has 0 unspecified atom stereocenters. The molecule has 0 aliphatic carbocycles. The first-order valence-electron chi connectivity index (χ1n) is 11.0. The summed E-state index contributed by atoms with van der Waals surface area (Å²) in [5.74, 6) is 1.10. The smallest absolute Gasteiger partial charge is 0.261 e. The number of carbonyl (C=O) groups is 1. The van der Waals surface area contributed by atoms with E-state index in [9.17, 15) is 13.2 Å². The molecule has 1 aliphatic rings. The van der Waals surface area contributed by atoms with Gasteiger partial charge in [-0.25, -0.2) is 8.42 Å². The summed E-state index contributed by atoms with van der Waals surface area (Å²) >= 11 is 5.84. The lowest BCUT2D eigenvalue weighted by atomic mass is 10.2. The average molecular weight is 516 g/mol. The van der Waals surface area contributed by atoms with Crippen molar-refractivity contribution in [1.29, 1.82) is 0 Å². The van der Waals surface area contributed by atoms with Crippen LogP contribution >= 0.6 is 11.6 Å². The Morgan fingerprint density at radius 3 is 2.26 bits per heavy atom. The van der Waals surface area contributed by atoms with Crippen molar-refractivity contribution in [2.45, 2.75) is 4.90 Å². The summed E-state index contributed by atoms with van der Waals surface area (Å²) in [5, 5.41) is 0.516. The van der Waals surface area contributed by atoms with Gasteiger partial charge >= 0.3 is 0 Å². The Hall–Kier alpha value is -3.43. The number of hydrogen-bond donors (Lipinski definition) is 1. The monoisotopic (exact) mass is 515 g/mol. The number of benzene rings is 3. The zero-order valence-corrected chi connectivity index (χ0v) is 20.8. The van der Waals surface area contributed by atoms with Crippen molar-refractivity contribution in [2.24, 2.45) is 0 Å². The van der Waals surface area contributed by atoms with Gasteiger partial charge in [0.2, 0.25) is 0 Å². The van der Waals surface area contributed by atoms with Gasteiger partial charge in [0.15, 0.2) is 6.61 Å². The SMILES string of the molecule is COc1ccccc1N1CCN(C(=O)COc2ccc(S(=O)(=O)Nc3ccc(Cl)cc3)cc2)CC1. The third-order valence-corrected chi connectivity index (χ3v) is 7.30. The van der Waals surface area contributed by atoms with E-state index in [0.29, 0.717) is 42.6 Å². The van der Waals surface area contributed by atoms with Gasteiger partial charge in [0.25, 0.3) is 15.9 Å². The third-order valence-electron chi connectivity index (χ3n) is 5.65. The Morgan fingerprint density at radius 2 is 1.60 bits per heavy atom. The zero-order chi connectivity index (χ0) is 24.8. The minimum absolute atomic E-state index is 0.0820. The normalized spacial score (nSPS) is 13.9. The second-order valence-electron chi connectivity index (χ2n) is 7.91. The molecule has 1 N–H and O–H groups in total. The van der Waals surface area contributed by atoms with Gasteiger partial charge in [-0.2, -0.15) is 0 Å². The summed E-state index contributed by atoms with van der Waals surface area (Å²) in [5.41, 5.74) is 1.42. The molecule has 184 valence electrons. The van der Waals surface area contributed by atoms with Crippen LogP contribution in [0.25, 0.3) is 0 Å². The number of anilines is 2. The molecule has 10 heteroatoms. The van der Waals surface area contributed by atoms with E-state index < -0.39 is 10.0 Å². The van der Waals surface area contributed by atoms with Crippen LogP contribution in [0.15, 0.2) is 77.7 Å². The Bertz CT molecular complexity index is 1260. The lowest BCUT2D eigenvalue weighted by Gasteiger charge is -2.36. The van der Waals surface area contributed by atoms with Gasteiger partial charge in [0.05, 0.1) is 17.7 Å². The molecule has 0 atom stereocenters. The number of nitrogens with one attached hydrogen (secondary N) is 1. The molecule has 3 aromatic rings. The zero-order valence-electron chi connectivity index (χ0n) is 19.2. The lowest BCUT2D eigenvalue weighted by molar-refractivity contribution is -0.133. The number of carbonyl (C=O) groups excluding carboxylic acids is 1. The fourth-order valence-corrected chi connectivity index (χ4v) is 4.96. The van der Waals surface area contributed by atoms with Crippen molar-refractivity contribution >= 4 is 38.9 Å². The second kappa shape index (κ2) is 10.9. The van der Waals surface area contributed by atoms with E-state index >= 15 is 0 Å². The fraction of sp³-hybridized carbons (Fsp3) is 0.240. The Labute approximate surface area is 210 Å². The molecule has 1 fully saturated rings. The molecule has 1 saturated heterocycles. The van der Waals surface area contributed by atoms with E-state index in [0.717, 1.165) is 11.4 Å². The van der Waals surface area contributed by atoms with E-state index in [1.54, 1.807) is 36.3 Å². The summed E-state index contributed by atoms with van der Waals surface area (Å²) in [6, 6.07) is 20.1. The van der Waals surface area contributed by atoms with E-state index in [2.05, 4.69) is 9.62 Å². The molecule has 1 amide bonds. The molecule has 35 heavy (non-hydrogen) atoms. The molecule has 1 aliphatic heterocycles. The number of sulfonamides is 1. The first-order valence-corrected chi connectivity index (χ1v) is 12.9. The lowest BCUT2D eigenvalue weighted by Crippen LogP contribution is -2.50. The average Bonchev–Trinajstić information content (AvgIpc) is 2.89. The van der Waals surface area contributed by atoms with Crippen LogP contribution in [0.3, 0.4) is 0 Å². The minimum Gasteiger partial charge on any atom is -0.495 e. The van der Waals surface area contributed by atoms with E-state index in [1.165, 1.54) is 24.3 Å². The van der Waals surface area contributed by atoms with Crippen LogP contribution < -0.4 is 19.1 Å². The summed E-state index contributed by atoms with van der Waals surface area (Å²) in [7, 11) is -2.12. The molecule has 0 saturated carbocycles. The molecule has 8 nitrogen and oxygen atoms in total. The van der Waals surface area contributed by atoms with Gasteiger partial charge in [-0.1, -0.05) is 23.7 Å². The maximum absolute atomic E-state index is 12.6. The second-order valence-corrected chi connectivity index (χ2v) is 10.0. The van der Waals surface area contributed by atoms with Crippen LogP contribution in [0.2, 0.25) is 5.02 Å². The highest BCUT2D eigenvalue weighted by molar-refractivity contribution is 7.92. The van der Waals surface area contributed by atoms with Crippen molar-refractivity contribution in [2.75, 3.05) is 49.5 Å². The summed E-state index contributed by atoms with van der Waals surface area (Å²) < 4.78 is 38.7. The number of ether oxygens (including phenoxy) is 2. The Morgan fingerprint density at radius 1 is 0.943 bits per heavy atom. The number of halogens is 1. The van der Waals surface area contributed by atoms with E-state index in [1.807, 2.05) is 24.3 Å². The highest BCUT2D eigenvalue weighted by atomic mass is 35.5. The summed E-state index contributed by atoms with van der Waals surface area (Å²) in [6.45, 7) is 2.42. The van der Waals surface area contributed by atoms with E-state index in [-0.39, 0.29) is 17.4 Å². The van der Waals surface area contributed by atoms with Crippen LogP contribution in [-0.2, 0) is 14.8 Å². The first kappa shape index (κ1) is 24.7. The topological polar surface area (TPSA) is 88.2 Å². The maximum atomic E-state index is 12.6. The van der Waals surface area contributed by atoms with Crippen LogP contribution in [-0.4, -0.2) is 59.1 Å². The predicted octanol–water partition coefficient (Wildman–Crippen LogP) is 3.88. The quantitative estimate of drug-likeness (QED) is 0.490. The van der Waals surface area contributed by atoms with Gasteiger partial charge in [0, 0.05) is 36.9 Å². The number of piperazine rings is 1. The Balaban J connectivity index is 1.28. The third kappa shape index (κ3) is 6.17. The number of nitrogens with zero attached hydrogens (tertiary/aromatic N) is 2. The number of rotatable bonds is 8. The van der Waals surface area contributed by atoms with Crippen LogP contribution in [0.4, 0.5) is 11.4 Å². The molecular weight excluding hydrogens is 490 g/mol. The molecule has 0 radical (unpaired) electrons. The molecule has 1 heterocycles. The van der Waals surface area contributed by atoms with Gasteiger partial charge in [-0.05, 0) is 60.7 Å². The molecular formula is C25H26ClN3O5S. The fourth-order valence-electron chi connectivity index (χ4n) is 3.77. The van der Waals surface area contributed by atoms with Crippen LogP contribution in [0.1, 0.15) is 0 Å². The van der Waals surface area contributed by atoms with E-state index in [4.69, 9.17) is 21.1 Å². The number of hydrogen-bond acceptors (Lipinski definition) is 6. The number of amides is 1. The van der Waals surface area contributed by atoms with Gasteiger partial charge in [0.1, 0.15) is 11.5 Å². The van der Waals surface area contributed by atoms with Gasteiger partial charge in [-0.15, -0.1) is 0 Å². The molecule has 4 rings (SSSR count). The highest BCUT2D eigenvalue weighted by Crippen LogP contribution is 2.28. The predicted molar refractivity (Wildman–Crippen MR) is 136 cm³/mol. The minimum atomic E-state index is -3.76. The van der Waals surface area contributed by atoms with Gasteiger partial charge < -0.3 is 19.3 Å². The number of para-hydroxylation sites is 2. The maximum Gasteiger partial charge on any atom is 0.261 e. The standard InChI is InChI=1S/C25H26ClN3O5S/c1-33-24-5-3-2-4-23(24)28-14-16-29(17-15-28)25(30)18-34-21-10-12-22(13-11-21)35(31,32)27-20-8-6-19(26)7-9-20/h2-13,27H,14-18H2,1H3. The molecule has 0 bridgehead atoms. The number of methoxy groups -OCH3 is 1.